The number of fused-ring (bicyclic) bond motifs is 1. The van der Waals surface area contributed by atoms with Gasteiger partial charge in [0.1, 0.15) is 41.1 Å². The molecule has 0 saturated heterocycles. The third-order valence-corrected chi connectivity index (χ3v) is 5.76. The van der Waals surface area contributed by atoms with Crippen LogP contribution in [0.4, 0.5) is 4.39 Å². The topological polar surface area (TPSA) is 150 Å². The minimum Gasteiger partial charge on any atom is -0.489 e. The zero-order chi connectivity index (χ0) is 24.7. The molecule has 1 aliphatic heterocycles. The Morgan fingerprint density at radius 1 is 1.35 bits per heavy atom. The Hall–Kier alpha value is -3.99. The van der Waals surface area contributed by atoms with Crippen molar-refractivity contribution in [2.75, 3.05) is 20.3 Å². The highest BCUT2D eigenvalue weighted by Crippen LogP contribution is 2.45. The van der Waals surface area contributed by atoms with E-state index in [0.29, 0.717) is 22.6 Å². The zero-order valence-electron chi connectivity index (χ0n) is 18.7. The fourth-order valence-corrected chi connectivity index (χ4v) is 3.54. The number of oxazole rings is 1. The Morgan fingerprint density at radius 2 is 2.06 bits per heavy atom. The number of rotatable bonds is 7. The molecule has 0 radical (unpaired) electrons. The van der Waals surface area contributed by atoms with Crippen LogP contribution in [0, 0.1) is 5.82 Å². The molecular formula is C23H23FN4O6. The predicted molar refractivity (Wildman–Crippen MR) is 117 cm³/mol. The number of benzene rings is 1. The monoisotopic (exact) mass is 470 g/mol. The highest BCUT2D eigenvalue weighted by Gasteiger charge is 2.45. The summed E-state index contributed by atoms with van der Waals surface area (Å²) < 4.78 is 29.3. The molecule has 2 amide bonds. The molecule has 0 bridgehead atoms. The van der Waals surface area contributed by atoms with Crippen LogP contribution < -0.4 is 20.5 Å². The van der Waals surface area contributed by atoms with Crippen LogP contribution in [0.2, 0.25) is 0 Å². The molecule has 1 aromatic carbocycles. The van der Waals surface area contributed by atoms with Gasteiger partial charge in [-0.15, -0.1) is 0 Å². The normalized spacial score (nSPS) is 18.5. The molecule has 0 unspecified atom stereocenters. The Balaban J connectivity index is 1.71. The quantitative estimate of drug-likeness (QED) is 0.472. The summed E-state index contributed by atoms with van der Waals surface area (Å²) in [4.78, 5) is 33.0. The summed E-state index contributed by atoms with van der Waals surface area (Å²) >= 11 is 0. The molecule has 3 aromatic rings. The number of hydrogen-bond donors (Lipinski definition) is 3. The van der Waals surface area contributed by atoms with Gasteiger partial charge in [0.05, 0.1) is 19.3 Å². The van der Waals surface area contributed by atoms with Crippen molar-refractivity contribution < 1.29 is 33.0 Å². The molecule has 11 heteroatoms. The number of primary amides is 1. The Morgan fingerprint density at radius 3 is 2.68 bits per heavy atom. The molecule has 10 nitrogen and oxygen atoms in total. The summed E-state index contributed by atoms with van der Waals surface area (Å²) in [7, 11) is 1.37. The van der Waals surface area contributed by atoms with Crippen molar-refractivity contribution in [1.82, 2.24) is 15.3 Å². The number of hydrogen-bond acceptors (Lipinski definition) is 8. The number of nitrogens with one attached hydrogen (secondary N) is 1. The predicted octanol–water partition coefficient (Wildman–Crippen LogP) is 1.66. The van der Waals surface area contributed by atoms with Crippen molar-refractivity contribution in [2.24, 2.45) is 5.73 Å². The number of carbonyl (C=O) groups is 2. The van der Waals surface area contributed by atoms with E-state index in [4.69, 9.17) is 19.6 Å². The van der Waals surface area contributed by atoms with Gasteiger partial charge < -0.3 is 30.0 Å². The number of ether oxygens (including phenoxy) is 2. The van der Waals surface area contributed by atoms with Crippen molar-refractivity contribution >= 4 is 11.8 Å². The SMILES string of the molecule is COc1cnc(C(=O)NC[C@](C)(O)c2cc3c(c(-c4ccc(F)cc4)n2)OC[C@]3(C)C(N)=O)o1. The number of carbonyl (C=O) groups excluding carboxylic acids is 2. The van der Waals surface area contributed by atoms with E-state index in [2.05, 4.69) is 15.3 Å². The molecule has 1 aliphatic rings. The van der Waals surface area contributed by atoms with E-state index in [-0.39, 0.29) is 30.7 Å². The molecule has 3 heterocycles. The lowest BCUT2D eigenvalue weighted by Gasteiger charge is -2.26. The van der Waals surface area contributed by atoms with E-state index in [1.165, 1.54) is 50.6 Å². The second-order valence-electron chi connectivity index (χ2n) is 8.37. The number of nitrogens with two attached hydrogens (primary N) is 1. The number of aliphatic hydroxyl groups is 1. The molecule has 34 heavy (non-hydrogen) atoms. The van der Waals surface area contributed by atoms with E-state index in [9.17, 15) is 19.1 Å². The summed E-state index contributed by atoms with van der Waals surface area (Å²) in [5.41, 5.74) is 4.21. The highest BCUT2D eigenvalue weighted by atomic mass is 19.1. The van der Waals surface area contributed by atoms with E-state index < -0.39 is 28.6 Å². The van der Waals surface area contributed by atoms with E-state index in [1.807, 2.05) is 0 Å². The lowest BCUT2D eigenvalue weighted by Crippen LogP contribution is -2.41. The van der Waals surface area contributed by atoms with Crippen LogP contribution in [0.15, 0.2) is 40.9 Å². The molecule has 178 valence electrons. The lowest BCUT2D eigenvalue weighted by molar-refractivity contribution is -0.123. The number of pyridine rings is 1. The minimum absolute atomic E-state index is 0.0120. The molecule has 0 aliphatic carbocycles. The van der Waals surface area contributed by atoms with Crippen molar-refractivity contribution in [3.8, 4) is 23.0 Å². The second kappa shape index (κ2) is 8.41. The van der Waals surface area contributed by atoms with Crippen molar-refractivity contribution in [3.63, 3.8) is 0 Å². The standard InChI is InChI=1S/C23H23FN4O6/c1-22(21(25)30)11-33-18-14(22)8-15(28-17(18)12-4-6-13(24)7-5-12)23(2,31)10-27-19(29)20-26-9-16(32-3)34-20/h4-9,31H,10-11H2,1-3H3,(H2,25,30)(H,27,29)/t22-,23-/m0/s1. The van der Waals surface area contributed by atoms with Gasteiger partial charge in [0.25, 0.3) is 5.89 Å². The third kappa shape index (κ3) is 4.05. The van der Waals surface area contributed by atoms with Gasteiger partial charge in [0.15, 0.2) is 0 Å². The van der Waals surface area contributed by atoms with Gasteiger partial charge in [0.2, 0.25) is 5.91 Å². The van der Waals surface area contributed by atoms with E-state index >= 15 is 0 Å². The van der Waals surface area contributed by atoms with Crippen LogP contribution in [0.25, 0.3) is 11.3 Å². The van der Waals surface area contributed by atoms with Crippen LogP contribution in [0.3, 0.4) is 0 Å². The third-order valence-electron chi connectivity index (χ3n) is 5.76. The average molecular weight is 470 g/mol. The summed E-state index contributed by atoms with van der Waals surface area (Å²) in [6, 6.07) is 7.08. The second-order valence-corrected chi connectivity index (χ2v) is 8.37. The maximum absolute atomic E-state index is 13.5. The number of halogens is 1. The molecule has 2 aromatic heterocycles. The van der Waals surface area contributed by atoms with Gasteiger partial charge in [0, 0.05) is 11.1 Å². The van der Waals surface area contributed by atoms with Crippen molar-refractivity contribution in [2.45, 2.75) is 24.9 Å². The summed E-state index contributed by atoms with van der Waals surface area (Å²) in [5.74, 6) is -1.57. The Labute approximate surface area is 193 Å². The van der Waals surface area contributed by atoms with Gasteiger partial charge in [-0.2, -0.15) is 0 Å². The summed E-state index contributed by atoms with van der Waals surface area (Å²) in [6.07, 6.45) is 1.24. The highest BCUT2D eigenvalue weighted by molar-refractivity contribution is 5.90. The summed E-state index contributed by atoms with van der Waals surface area (Å²) in [6.45, 7) is 2.80. The number of aromatic nitrogens is 2. The molecule has 0 spiro atoms. The van der Waals surface area contributed by atoms with Gasteiger partial charge >= 0.3 is 11.9 Å². The van der Waals surface area contributed by atoms with Crippen molar-refractivity contribution in [1.29, 1.82) is 0 Å². The first-order valence-electron chi connectivity index (χ1n) is 10.3. The van der Waals surface area contributed by atoms with Gasteiger partial charge in [-0.25, -0.2) is 14.4 Å². The maximum Gasteiger partial charge on any atom is 0.307 e. The molecule has 0 saturated carbocycles. The first-order chi connectivity index (χ1) is 16.0. The van der Waals surface area contributed by atoms with Crippen LogP contribution in [-0.4, -0.2) is 47.2 Å². The van der Waals surface area contributed by atoms with Crippen molar-refractivity contribution in [3.05, 3.63) is 59.5 Å². The number of methoxy groups -OCH3 is 1. The van der Waals surface area contributed by atoms with Crippen LogP contribution >= 0.6 is 0 Å². The number of amides is 2. The molecule has 2 atom stereocenters. The lowest BCUT2D eigenvalue weighted by atomic mass is 9.82. The molecular weight excluding hydrogens is 447 g/mol. The first kappa shape index (κ1) is 23.2. The number of nitrogens with zero attached hydrogens (tertiary/aromatic N) is 2. The largest absolute Gasteiger partial charge is 0.489 e. The average Bonchev–Trinajstić information content (AvgIpc) is 3.43. The first-order valence-corrected chi connectivity index (χ1v) is 10.3. The Bertz CT molecular complexity index is 1260. The minimum atomic E-state index is -1.68. The molecule has 0 fully saturated rings. The van der Waals surface area contributed by atoms with Gasteiger partial charge in [-0.05, 0) is 44.2 Å². The smallest absolute Gasteiger partial charge is 0.307 e. The van der Waals surface area contributed by atoms with E-state index in [1.54, 1.807) is 6.92 Å². The van der Waals surface area contributed by atoms with Gasteiger partial charge in [-0.3, -0.25) is 9.59 Å². The maximum atomic E-state index is 13.5. The van der Waals surface area contributed by atoms with Crippen LogP contribution in [-0.2, 0) is 15.8 Å². The van der Waals surface area contributed by atoms with E-state index in [0.717, 1.165) is 0 Å². The molecule has 4 N–H and O–H groups in total. The van der Waals surface area contributed by atoms with Crippen LogP contribution in [0.1, 0.15) is 35.8 Å². The summed E-state index contributed by atoms with van der Waals surface area (Å²) in [5, 5.41) is 13.8. The molecule has 4 rings (SSSR count). The van der Waals surface area contributed by atoms with Crippen LogP contribution in [0.5, 0.6) is 11.7 Å². The Kier molecular flexibility index (Phi) is 5.74. The van der Waals surface area contributed by atoms with Gasteiger partial charge in [-0.1, -0.05) is 0 Å². The zero-order valence-corrected chi connectivity index (χ0v) is 18.7. The fraction of sp³-hybridized carbons (Fsp3) is 0.304. The fourth-order valence-electron chi connectivity index (χ4n) is 3.54.